The molecule has 1 N–H and O–H groups in total. The molecule has 0 bridgehead atoms. The van der Waals surface area contributed by atoms with Gasteiger partial charge in [-0.15, -0.1) is 0 Å². The molecule has 0 aromatic carbocycles. The highest BCUT2D eigenvalue weighted by atomic mass is 16.5. The predicted octanol–water partition coefficient (Wildman–Crippen LogP) is 2.63. The number of nitrogens with zero attached hydrogens (tertiary/aromatic N) is 1. The summed E-state index contributed by atoms with van der Waals surface area (Å²) < 4.78 is 5.46. The van der Waals surface area contributed by atoms with E-state index in [1.165, 1.54) is 12.8 Å². The van der Waals surface area contributed by atoms with Crippen molar-refractivity contribution in [3.8, 4) is 0 Å². The molecule has 2 rings (SSSR count). The van der Waals surface area contributed by atoms with Gasteiger partial charge in [0.1, 0.15) is 5.41 Å². The van der Waals surface area contributed by atoms with E-state index in [-0.39, 0.29) is 0 Å². The molecule has 0 spiro atoms. The molecule has 2 aliphatic rings. The standard InChI is InChI=1S/C16H29NO3/c1-15(2,3)13-5-8-17(9-6-13)11-16(14(18)19)7-4-10-20-12-16/h13H,4-12H2,1-3H3,(H,18,19). The average molecular weight is 283 g/mol. The molecule has 20 heavy (non-hydrogen) atoms. The first-order valence-electron chi connectivity index (χ1n) is 7.87. The maximum Gasteiger partial charge on any atom is 0.313 e. The van der Waals surface area contributed by atoms with Gasteiger partial charge in [-0.1, -0.05) is 20.8 Å². The third-order valence-corrected chi connectivity index (χ3v) is 5.11. The fraction of sp³-hybridized carbons (Fsp3) is 0.938. The van der Waals surface area contributed by atoms with Crippen LogP contribution in [0.25, 0.3) is 0 Å². The molecule has 4 heteroatoms. The number of aliphatic carboxylic acids is 1. The average Bonchev–Trinajstić information content (AvgIpc) is 2.39. The van der Waals surface area contributed by atoms with Crippen molar-refractivity contribution < 1.29 is 14.6 Å². The Morgan fingerprint density at radius 2 is 2.00 bits per heavy atom. The van der Waals surface area contributed by atoms with E-state index in [1.807, 2.05) is 0 Å². The van der Waals surface area contributed by atoms with Crippen LogP contribution in [0, 0.1) is 16.7 Å². The first kappa shape index (κ1) is 15.8. The van der Waals surface area contributed by atoms with Crippen LogP contribution in [0.2, 0.25) is 0 Å². The van der Waals surface area contributed by atoms with Crippen LogP contribution in [0.4, 0.5) is 0 Å². The van der Waals surface area contributed by atoms with E-state index in [1.54, 1.807) is 0 Å². The van der Waals surface area contributed by atoms with Gasteiger partial charge in [0, 0.05) is 13.2 Å². The predicted molar refractivity (Wildman–Crippen MR) is 78.7 cm³/mol. The minimum absolute atomic E-state index is 0.366. The molecule has 1 atom stereocenters. The largest absolute Gasteiger partial charge is 0.481 e. The quantitative estimate of drug-likeness (QED) is 0.865. The van der Waals surface area contributed by atoms with Gasteiger partial charge in [-0.25, -0.2) is 0 Å². The number of carboxylic acids is 1. The van der Waals surface area contributed by atoms with Gasteiger partial charge in [0.25, 0.3) is 0 Å². The fourth-order valence-corrected chi connectivity index (χ4v) is 3.60. The van der Waals surface area contributed by atoms with E-state index in [0.29, 0.717) is 25.2 Å². The minimum Gasteiger partial charge on any atom is -0.481 e. The van der Waals surface area contributed by atoms with Gasteiger partial charge >= 0.3 is 5.97 Å². The van der Waals surface area contributed by atoms with Crippen molar-refractivity contribution in [2.45, 2.75) is 46.5 Å². The minimum atomic E-state index is -0.685. The highest BCUT2D eigenvalue weighted by molar-refractivity contribution is 5.75. The van der Waals surface area contributed by atoms with Crippen LogP contribution in [-0.2, 0) is 9.53 Å². The Hall–Kier alpha value is -0.610. The molecule has 0 aromatic rings. The van der Waals surface area contributed by atoms with Crippen LogP contribution in [0.1, 0.15) is 46.5 Å². The fourth-order valence-electron chi connectivity index (χ4n) is 3.60. The second kappa shape index (κ2) is 6.02. The molecule has 0 aromatic heterocycles. The Bertz CT molecular complexity index is 334. The molecule has 116 valence electrons. The van der Waals surface area contributed by atoms with Gasteiger partial charge in [0.05, 0.1) is 6.61 Å². The number of hydrogen-bond donors (Lipinski definition) is 1. The maximum absolute atomic E-state index is 11.7. The number of carbonyl (C=O) groups is 1. The van der Waals surface area contributed by atoms with E-state index >= 15 is 0 Å². The maximum atomic E-state index is 11.7. The zero-order valence-electron chi connectivity index (χ0n) is 13.2. The Morgan fingerprint density at radius 1 is 1.35 bits per heavy atom. The zero-order chi connectivity index (χ0) is 14.8. The number of rotatable bonds is 3. The van der Waals surface area contributed by atoms with Gasteiger partial charge in [0.15, 0.2) is 0 Å². The van der Waals surface area contributed by atoms with Crippen LogP contribution in [0.15, 0.2) is 0 Å². The first-order chi connectivity index (χ1) is 9.33. The molecular formula is C16H29NO3. The molecule has 0 aliphatic carbocycles. The molecule has 0 saturated carbocycles. The van der Waals surface area contributed by atoms with Gasteiger partial charge in [-0.2, -0.15) is 0 Å². The highest BCUT2D eigenvalue weighted by Crippen LogP contribution is 2.36. The second-order valence-corrected chi connectivity index (χ2v) is 7.66. The smallest absolute Gasteiger partial charge is 0.313 e. The molecule has 2 heterocycles. The van der Waals surface area contributed by atoms with Crippen LogP contribution < -0.4 is 0 Å². The number of ether oxygens (including phenoxy) is 1. The summed E-state index contributed by atoms with van der Waals surface area (Å²) in [5.41, 5.74) is -0.308. The van der Waals surface area contributed by atoms with Crippen LogP contribution >= 0.6 is 0 Å². The molecular weight excluding hydrogens is 254 g/mol. The van der Waals surface area contributed by atoms with Crippen molar-refractivity contribution in [3.63, 3.8) is 0 Å². The third-order valence-electron chi connectivity index (χ3n) is 5.11. The summed E-state index contributed by atoms with van der Waals surface area (Å²) in [7, 11) is 0. The molecule has 1 unspecified atom stereocenters. The van der Waals surface area contributed by atoms with E-state index in [9.17, 15) is 9.90 Å². The lowest BCUT2D eigenvalue weighted by molar-refractivity contribution is -0.159. The van der Waals surface area contributed by atoms with Crippen molar-refractivity contribution in [3.05, 3.63) is 0 Å². The van der Waals surface area contributed by atoms with E-state index in [2.05, 4.69) is 25.7 Å². The SMILES string of the molecule is CC(C)(C)C1CCN(CC2(C(=O)O)CCCOC2)CC1. The van der Waals surface area contributed by atoms with Crippen molar-refractivity contribution in [1.29, 1.82) is 0 Å². The Kier molecular flexibility index (Phi) is 4.75. The van der Waals surface area contributed by atoms with E-state index in [4.69, 9.17) is 4.74 Å². The Labute approximate surface area is 122 Å². The number of likely N-dealkylation sites (tertiary alicyclic amines) is 1. The van der Waals surface area contributed by atoms with Crippen LogP contribution in [-0.4, -0.2) is 48.8 Å². The highest BCUT2D eigenvalue weighted by Gasteiger charge is 2.43. The van der Waals surface area contributed by atoms with Crippen LogP contribution in [0.5, 0.6) is 0 Å². The summed E-state index contributed by atoms with van der Waals surface area (Å²) in [5, 5.41) is 9.59. The first-order valence-corrected chi connectivity index (χ1v) is 7.87. The van der Waals surface area contributed by atoms with Crippen molar-refractivity contribution in [2.24, 2.45) is 16.7 Å². The second-order valence-electron chi connectivity index (χ2n) is 7.66. The van der Waals surface area contributed by atoms with E-state index in [0.717, 1.165) is 31.8 Å². The van der Waals surface area contributed by atoms with Gasteiger partial charge in [0.2, 0.25) is 0 Å². The number of hydrogen-bond acceptors (Lipinski definition) is 3. The van der Waals surface area contributed by atoms with Crippen LogP contribution in [0.3, 0.4) is 0 Å². The van der Waals surface area contributed by atoms with Crippen molar-refractivity contribution >= 4 is 5.97 Å². The van der Waals surface area contributed by atoms with E-state index < -0.39 is 11.4 Å². The number of carboxylic acid groups (broad SMARTS) is 1. The molecule has 2 fully saturated rings. The summed E-state index contributed by atoms with van der Waals surface area (Å²) in [4.78, 5) is 14.0. The summed E-state index contributed by atoms with van der Waals surface area (Å²) >= 11 is 0. The summed E-state index contributed by atoms with van der Waals surface area (Å²) in [5.74, 6) is 0.0669. The zero-order valence-corrected chi connectivity index (χ0v) is 13.2. The third kappa shape index (κ3) is 3.53. The molecule has 0 radical (unpaired) electrons. The normalized spacial score (nSPS) is 30.4. The molecule has 0 amide bonds. The van der Waals surface area contributed by atoms with Crippen molar-refractivity contribution in [2.75, 3.05) is 32.8 Å². The van der Waals surface area contributed by atoms with Gasteiger partial charge in [-0.05, 0) is 50.1 Å². The lowest BCUT2D eigenvalue weighted by Gasteiger charge is -2.42. The lowest BCUT2D eigenvalue weighted by Crippen LogP contribution is -2.50. The molecule has 2 aliphatic heterocycles. The lowest BCUT2D eigenvalue weighted by atomic mass is 9.74. The molecule has 2 saturated heterocycles. The summed E-state index contributed by atoms with van der Waals surface area (Å²) in [6.07, 6.45) is 3.98. The monoisotopic (exact) mass is 283 g/mol. The Balaban J connectivity index is 1.92. The van der Waals surface area contributed by atoms with Gasteiger partial charge in [-0.3, -0.25) is 4.79 Å². The van der Waals surface area contributed by atoms with Crippen molar-refractivity contribution in [1.82, 2.24) is 4.90 Å². The Morgan fingerprint density at radius 3 is 2.45 bits per heavy atom. The summed E-state index contributed by atoms with van der Waals surface area (Å²) in [6.45, 7) is 10.7. The summed E-state index contributed by atoms with van der Waals surface area (Å²) in [6, 6.07) is 0. The molecule has 4 nitrogen and oxygen atoms in total. The van der Waals surface area contributed by atoms with Gasteiger partial charge < -0.3 is 14.7 Å². The topological polar surface area (TPSA) is 49.8 Å². The number of piperidine rings is 1.